The van der Waals surface area contributed by atoms with Crippen LogP contribution in [-0.4, -0.2) is 64.1 Å². The van der Waals surface area contributed by atoms with Crippen molar-refractivity contribution in [2.45, 2.75) is 18.7 Å². The molecule has 1 saturated heterocycles. The van der Waals surface area contributed by atoms with Crippen molar-refractivity contribution in [2.75, 3.05) is 42.3 Å². The van der Waals surface area contributed by atoms with Gasteiger partial charge < -0.3 is 24.8 Å². The second-order valence-corrected chi connectivity index (χ2v) is 6.90. The summed E-state index contributed by atoms with van der Waals surface area (Å²) in [6.07, 6.45) is -4.52. The summed E-state index contributed by atoms with van der Waals surface area (Å²) in [4.78, 5) is 20.2. The van der Waals surface area contributed by atoms with Gasteiger partial charge in [0.2, 0.25) is 23.5 Å². The van der Waals surface area contributed by atoms with E-state index in [0.29, 0.717) is 18.9 Å². The smallest absolute Gasteiger partial charge is 0.368 e. The third-order valence-electron chi connectivity index (χ3n) is 4.60. The standard InChI is InChI=1S/C18H19F3N8O2/c1-28(11-5-3-2-4-6-11)16-24-13(23-15(22)26-16)14-25-17(31-27-14)29-8-7-12(9-29)30-10-18(19,20)21/h2-6,12H,7-10H2,1H3,(H2,22,23,24,26). The summed E-state index contributed by atoms with van der Waals surface area (Å²) >= 11 is 0. The number of halogens is 3. The van der Waals surface area contributed by atoms with Gasteiger partial charge in [-0.3, -0.25) is 0 Å². The zero-order valence-corrected chi connectivity index (χ0v) is 16.5. The van der Waals surface area contributed by atoms with Crippen LogP contribution in [0.25, 0.3) is 11.6 Å². The van der Waals surface area contributed by atoms with Crippen molar-refractivity contribution in [3.8, 4) is 11.6 Å². The summed E-state index contributed by atoms with van der Waals surface area (Å²) in [5.74, 6) is 0.480. The Morgan fingerprint density at radius 2 is 1.94 bits per heavy atom. The Hall–Kier alpha value is -3.48. The molecule has 3 heterocycles. The van der Waals surface area contributed by atoms with E-state index in [4.69, 9.17) is 15.0 Å². The first-order chi connectivity index (χ1) is 14.8. The first-order valence-corrected chi connectivity index (χ1v) is 9.36. The minimum absolute atomic E-state index is 0.0177. The van der Waals surface area contributed by atoms with Gasteiger partial charge in [-0.15, -0.1) is 0 Å². The number of para-hydroxylation sites is 1. The number of nitrogen functional groups attached to an aromatic ring is 1. The molecule has 10 nitrogen and oxygen atoms in total. The van der Waals surface area contributed by atoms with Crippen molar-refractivity contribution in [1.82, 2.24) is 25.1 Å². The van der Waals surface area contributed by atoms with E-state index < -0.39 is 18.9 Å². The molecule has 0 saturated carbocycles. The molecule has 13 heteroatoms. The number of ether oxygens (including phenoxy) is 1. The maximum atomic E-state index is 12.3. The van der Waals surface area contributed by atoms with E-state index in [1.165, 1.54) is 0 Å². The Labute approximate surface area is 174 Å². The minimum Gasteiger partial charge on any atom is -0.368 e. The second-order valence-electron chi connectivity index (χ2n) is 6.90. The summed E-state index contributed by atoms with van der Waals surface area (Å²) in [6.45, 7) is -0.660. The Bertz CT molecular complexity index is 1030. The predicted octanol–water partition coefficient (Wildman–Crippen LogP) is 2.43. The highest BCUT2D eigenvalue weighted by Crippen LogP contribution is 2.26. The average Bonchev–Trinajstić information content (AvgIpc) is 3.41. The molecule has 0 aliphatic carbocycles. The highest BCUT2D eigenvalue weighted by molar-refractivity contribution is 5.59. The number of nitrogens with zero attached hydrogens (tertiary/aromatic N) is 7. The highest BCUT2D eigenvalue weighted by atomic mass is 19.4. The van der Waals surface area contributed by atoms with E-state index in [0.717, 1.165) is 5.69 Å². The van der Waals surface area contributed by atoms with Crippen molar-refractivity contribution >= 4 is 23.6 Å². The first kappa shape index (κ1) is 20.8. The molecule has 2 N–H and O–H groups in total. The maximum Gasteiger partial charge on any atom is 0.411 e. The monoisotopic (exact) mass is 436 g/mol. The fourth-order valence-corrected chi connectivity index (χ4v) is 3.08. The predicted molar refractivity (Wildman–Crippen MR) is 105 cm³/mol. The van der Waals surface area contributed by atoms with Crippen LogP contribution >= 0.6 is 0 Å². The molecule has 4 rings (SSSR count). The third kappa shape index (κ3) is 4.99. The molecule has 0 radical (unpaired) electrons. The lowest BCUT2D eigenvalue weighted by Gasteiger charge is -2.17. The molecule has 0 spiro atoms. The Morgan fingerprint density at radius 3 is 2.68 bits per heavy atom. The van der Waals surface area contributed by atoms with E-state index in [1.54, 1.807) is 16.8 Å². The van der Waals surface area contributed by atoms with Gasteiger partial charge in [0.1, 0.15) is 6.61 Å². The fourth-order valence-electron chi connectivity index (χ4n) is 3.08. The van der Waals surface area contributed by atoms with Crippen LogP contribution in [0.1, 0.15) is 6.42 Å². The van der Waals surface area contributed by atoms with Crippen LogP contribution in [-0.2, 0) is 4.74 Å². The van der Waals surface area contributed by atoms with Gasteiger partial charge in [-0.1, -0.05) is 23.4 Å². The van der Waals surface area contributed by atoms with Crippen molar-refractivity contribution in [2.24, 2.45) is 0 Å². The number of benzene rings is 1. The second kappa shape index (κ2) is 8.34. The van der Waals surface area contributed by atoms with E-state index in [9.17, 15) is 13.2 Å². The van der Waals surface area contributed by atoms with Crippen LogP contribution in [0, 0.1) is 0 Å². The summed E-state index contributed by atoms with van der Waals surface area (Å²) < 4.78 is 47.2. The van der Waals surface area contributed by atoms with Crippen LogP contribution in [0.15, 0.2) is 34.9 Å². The highest BCUT2D eigenvalue weighted by Gasteiger charge is 2.33. The number of anilines is 4. The van der Waals surface area contributed by atoms with E-state index in [1.807, 2.05) is 30.3 Å². The summed E-state index contributed by atoms with van der Waals surface area (Å²) in [7, 11) is 1.78. The number of nitrogens with two attached hydrogens (primary N) is 1. The Kier molecular flexibility index (Phi) is 5.59. The van der Waals surface area contributed by atoms with E-state index in [2.05, 4.69) is 25.1 Å². The number of hydrogen-bond donors (Lipinski definition) is 1. The molecule has 1 aromatic carbocycles. The van der Waals surface area contributed by atoms with Crippen molar-refractivity contribution in [1.29, 1.82) is 0 Å². The molecule has 1 aliphatic rings. The SMILES string of the molecule is CN(c1ccccc1)c1nc(N)nc(-c2noc(N3CCC(OCC(F)(F)F)C3)n2)n1. The first-order valence-electron chi connectivity index (χ1n) is 9.36. The van der Waals surface area contributed by atoms with Gasteiger partial charge in [0, 0.05) is 25.8 Å². The van der Waals surface area contributed by atoms with Crippen molar-refractivity contribution in [3.63, 3.8) is 0 Å². The van der Waals surface area contributed by atoms with Crippen LogP contribution in [0.5, 0.6) is 0 Å². The summed E-state index contributed by atoms with van der Waals surface area (Å²) in [5, 5.41) is 3.88. The third-order valence-corrected chi connectivity index (χ3v) is 4.60. The number of hydrogen-bond acceptors (Lipinski definition) is 10. The average molecular weight is 436 g/mol. The molecule has 0 amide bonds. The largest absolute Gasteiger partial charge is 0.411 e. The van der Waals surface area contributed by atoms with Gasteiger partial charge in [0.05, 0.1) is 6.10 Å². The lowest BCUT2D eigenvalue weighted by atomic mass is 10.3. The number of rotatable bonds is 6. The van der Waals surface area contributed by atoms with E-state index in [-0.39, 0.29) is 30.2 Å². The normalized spacial score (nSPS) is 16.6. The minimum atomic E-state index is -4.37. The molecule has 1 fully saturated rings. The van der Waals surface area contributed by atoms with Gasteiger partial charge in [-0.25, -0.2) is 0 Å². The van der Waals surface area contributed by atoms with Gasteiger partial charge in [-0.2, -0.15) is 33.1 Å². The molecule has 31 heavy (non-hydrogen) atoms. The van der Waals surface area contributed by atoms with Crippen molar-refractivity contribution in [3.05, 3.63) is 30.3 Å². The quantitative estimate of drug-likeness (QED) is 0.617. The Balaban J connectivity index is 1.49. The number of alkyl halides is 3. The molecular formula is C18H19F3N8O2. The molecule has 0 bridgehead atoms. The summed E-state index contributed by atoms with van der Waals surface area (Å²) in [6, 6.07) is 9.57. The van der Waals surface area contributed by atoms with Crippen LogP contribution < -0.4 is 15.5 Å². The fraction of sp³-hybridized carbons (Fsp3) is 0.389. The lowest BCUT2D eigenvalue weighted by molar-refractivity contribution is -0.183. The zero-order chi connectivity index (χ0) is 22.0. The van der Waals surface area contributed by atoms with Crippen molar-refractivity contribution < 1.29 is 22.4 Å². The maximum absolute atomic E-state index is 12.3. The van der Waals surface area contributed by atoms with Gasteiger partial charge in [0.25, 0.3) is 0 Å². The van der Waals surface area contributed by atoms with Crippen LogP contribution in [0.2, 0.25) is 0 Å². The van der Waals surface area contributed by atoms with Crippen LogP contribution in [0.4, 0.5) is 36.8 Å². The molecule has 1 unspecified atom stereocenters. The summed E-state index contributed by atoms with van der Waals surface area (Å²) in [5.41, 5.74) is 6.68. The topological polar surface area (TPSA) is 119 Å². The Morgan fingerprint density at radius 1 is 1.16 bits per heavy atom. The zero-order valence-electron chi connectivity index (χ0n) is 16.5. The van der Waals surface area contributed by atoms with Gasteiger partial charge in [0.15, 0.2) is 0 Å². The lowest BCUT2D eigenvalue weighted by Crippen LogP contribution is -2.27. The number of aromatic nitrogens is 5. The van der Waals surface area contributed by atoms with Gasteiger partial charge >= 0.3 is 12.2 Å². The molecule has 164 valence electrons. The molecule has 3 aromatic rings. The molecule has 2 aromatic heterocycles. The van der Waals surface area contributed by atoms with Crippen LogP contribution in [0.3, 0.4) is 0 Å². The van der Waals surface area contributed by atoms with Gasteiger partial charge in [-0.05, 0) is 18.6 Å². The molecule has 1 atom stereocenters. The van der Waals surface area contributed by atoms with E-state index >= 15 is 0 Å². The molecular weight excluding hydrogens is 417 g/mol. The molecule has 1 aliphatic heterocycles.